The van der Waals surface area contributed by atoms with Crippen LogP contribution in [0.4, 0.5) is 0 Å². The largest absolute Gasteiger partial charge is 0.277 e. The van der Waals surface area contributed by atoms with Crippen molar-refractivity contribution in [2.75, 3.05) is 7.11 Å². The SMILES string of the molecule is CONC(=O)Cc1ccsc1. The van der Waals surface area contributed by atoms with E-state index >= 15 is 0 Å². The monoisotopic (exact) mass is 171 g/mol. The van der Waals surface area contributed by atoms with E-state index < -0.39 is 0 Å². The molecule has 0 atom stereocenters. The molecule has 0 spiro atoms. The summed E-state index contributed by atoms with van der Waals surface area (Å²) in [5.74, 6) is -0.120. The molecule has 1 amide bonds. The van der Waals surface area contributed by atoms with E-state index in [0.717, 1.165) is 5.56 Å². The maximum absolute atomic E-state index is 10.9. The number of thiophene rings is 1. The average Bonchev–Trinajstić information content (AvgIpc) is 2.40. The fraction of sp³-hybridized carbons (Fsp3) is 0.286. The Morgan fingerprint density at radius 3 is 3.18 bits per heavy atom. The molecule has 0 bridgehead atoms. The first-order valence-electron chi connectivity index (χ1n) is 3.16. The minimum Gasteiger partial charge on any atom is -0.277 e. The second kappa shape index (κ2) is 4.10. The number of carbonyl (C=O) groups excluding carboxylic acids is 1. The molecule has 0 aliphatic heterocycles. The molecule has 1 aromatic heterocycles. The van der Waals surface area contributed by atoms with Crippen LogP contribution in [0.25, 0.3) is 0 Å². The van der Waals surface area contributed by atoms with E-state index in [9.17, 15) is 4.79 Å². The summed E-state index contributed by atoms with van der Waals surface area (Å²) in [6.45, 7) is 0. The Balaban J connectivity index is 2.37. The fourth-order valence-corrected chi connectivity index (χ4v) is 1.40. The Morgan fingerprint density at radius 1 is 1.82 bits per heavy atom. The number of rotatable bonds is 3. The predicted octanol–water partition coefficient (Wildman–Crippen LogP) is 0.968. The first kappa shape index (κ1) is 8.23. The number of amides is 1. The maximum Gasteiger partial charge on any atom is 0.247 e. The van der Waals surface area contributed by atoms with E-state index in [-0.39, 0.29) is 5.91 Å². The van der Waals surface area contributed by atoms with Gasteiger partial charge in [0, 0.05) is 0 Å². The van der Waals surface area contributed by atoms with Gasteiger partial charge in [0.1, 0.15) is 0 Å². The Morgan fingerprint density at radius 2 is 2.64 bits per heavy atom. The van der Waals surface area contributed by atoms with Gasteiger partial charge in [-0.1, -0.05) is 0 Å². The van der Waals surface area contributed by atoms with Gasteiger partial charge in [-0.25, -0.2) is 5.48 Å². The molecule has 60 valence electrons. The van der Waals surface area contributed by atoms with E-state index in [1.165, 1.54) is 7.11 Å². The molecule has 1 rings (SSSR count). The first-order valence-corrected chi connectivity index (χ1v) is 4.10. The van der Waals surface area contributed by atoms with Crippen molar-refractivity contribution in [2.24, 2.45) is 0 Å². The van der Waals surface area contributed by atoms with Crippen LogP contribution < -0.4 is 5.48 Å². The molecular weight excluding hydrogens is 162 g/mol. The average molecular weight is 171 g/mol. The second-order valence-electron chi connectivity index (χ2n) is 2.04. The van der Waals surface area contributed by atoms with Gasteiger partial charge in [0.25, 0.3) is 0 Å². The Hall–Kier alpha value is -0.870. The van der Waals surface area contributed by atoms with Gasteiger partial charge < -0.3 is 0 Å². The van der Waals surface area contributed by atoms with E-state index in [2.05, 4.69) is 10.3 Å². The van der Waals surface area contributed by atoms with E-state index in [1.54, 1.807) is 11.3 Å². The summed E-state index contributed by atoms with van der Waals surface area (Å²) in [7, 11) is 1.42. The summed E-state index contributed by atoms with van der Waals surface area (Å²) in [5.41, 5.74) is 3.27. The van der Waals surface area contributed by atoms with Crippen molar-refractivity contribution in [3.05, 3.63) is 22.4 Å². The Kier molecular flexibility index (Phi) is 3.07. The van der Waals surface area contributed by atoms with Crippen molar-refractivity contribution in [1.82, 2.24) is 5.48 Å². The zero-order valence-electron chi connectivity index (χ0n) is 6.16. The van der Waals surface area contributed by atoms with Crippen molar-refractivity contribution in [2.45, 2.75) is 6.42 Å². The molecule has 11 heavy (non-hydrogen) atoms. The summed E-state index contributed by atoms with van der Waals surface area (Å²) in [5, 5.41) is 3.88. The first-order chi connectivity index (χ1) is 5.33. The van der Waals surface area contributed by atoms with E-state index in [1.807, 2.05) is 16.8 Å². The van der Waals surface area contributed by atoms with Crippen LogP contribution in [0.5, 0.6) is 0 Å². The van der Waals surface area contributed by atoms with Crippen LogP contribution in [-0.4, -0.2) is 13.0 Å². The molecule has 1 aromatic rings. The van der Waals surface area contributed by atoms with Crippen LogP contribution in [0.3, 0.4) is 0 Å². The van der Waals surface area contributed by atoms with Crippen LogP contribution >= 0.6 is 11.3 Å². The van der Waals surface area contributed by atoms with Crippen LogP contribution in [0.1, 0.15) is 5.56 Å². The molecule has 0 aromatic carbocycles. The molecule has 3 nitrogen and oxygen atoms in total. The van der Waals surface area contributed by atoms with Crippen molar-refractivity contribution >= 4 is 17.2 Å². The summed E-state index contributed by atoms with van der Waals surface area (Å²) in [6.07, 6.45) is 0.386. The number of hydrogen-bond acceptors (Lipinski definition) is 3. The molecule has 1 N–H and O–H groups in total. The zero-order chi connectivity index (χ0) is 8.10. The number of carbonyl (C=O) groups is 1. The van der Waals surface area contributed by atoms with Crippen LogP contribution in [0.15, 0.2) is 16.8 Å². The van der Waals surface area contributed by atoms with Gasteiger partial charge in [-0.2, -0.15) is 11.3 Å². The molecule has 0 saturated carbocycles. The van der Waals surface area contributed by atoms with Gasteiger partial charge in [0.05, 0.1) is 13.5 Å². The summed E-state index contributed by atoms with van der Waals surface area (Å²) in [4.78, 5) is 15.3. The second-order valence-corrected chi connectivity index (χ2v) is 2.82. The lowest BCUT2D eigenvalue weighted by atomic mass is 10.2. The van der Waals surface area contributed by atoms with Crippen molar-refractivity contribution < 1.29 is 9.63 Å². The van der Waals surface area contributed by atoms with Gasteiger partial charge in [-0.3, -0.25) is 9.63 Å². The highest BCUT2D eigenvalue weighted by Crippen LogP contribution is 2.05. The molecule has 0 saturated heterocycles. The molecular formula is C7H9NO2S. The molecule has 0 radical (unpaired) electrons. The molecule has 1 heterocycles. The highest BCUT2D eigenvalue weighted by Gasteiger charge is 2.01. The molecule has 0 aliphatic rings. The summed E-state index contributed by atoms with van der Waals surface area (Å²) < 4.78 is 0. The van der Waals surface area contributed by atoms with Gasteiger partial charge in [-0.15, -0.1) is 0 Å². The van der Waals surface area contributed by atoms with Crippen LogP contribution in [-0.2, 0) is 16.1 Å². The Labute approximate surface area is 68.9 Å². The van der Waals surface area contributed by atoms with Gasteiger partial charge in [0.15, 0.2) is 0 Å². The number of hydroxylamine groups is 1. The summed E-state index contributed by atoms with van der Waals surface area (Å²) >= 11 is 1.58. The smallest absolute Gasteiger partial charge is 0.247 e. The topological polar surface area (TPSA) is 38.3 Å². The van der Waals surface area contributed by atoms with Crippen LogP contribution in [0.2, 0.25) is 0 Å². The third-order valence-corrected chi connectivity index (χ3v) is 1.89. The van der Waals surface area contributed by atoms with Crippen molar-refractivity contribution in [3.63, 3.8) is 0 Å². The normalized spacial score (nSPS) is 9.55. The lowest BCUT2D eigenvalue weighted by Gasteiger charge is -1.98. The fourth-order valence-electron chi connectivity index (χ4n) is 0.729. The maximum atomic E-state index is 10.9. The van der Waals surface area contributed by atoms with Crippen LogP contribution in [0, 0.1) is 0 Å². The van der Waals surface area contributed by atoms with E-state index in [0.29, 0.717) is 6.42 Å². The highest BCUT2D eigenvalue weighted by molar-refractivity contribution is 7.07. The van der Waals surface area contributed by atoms with Gasteiger partial charge in [0.2, 0.25) is 5.91 Å². The number of hydrogen-bond donors (Lipinski definition) is 1. The quantitative estimate of drug-likeness (QED) is 0.688. The lowest BCUT2D eigenvalue weighted by molar-refractivity contribution is -0.130. The third-order valence-electron chi connectivity index (χ3n) is 1.16. The Bertz CT molecular complexity index is 220. The predicted molar refractivity (Wildman–Crippen MR) is 43.2 cm³/mol. The zero-order valence-corrected chi connectivity index (χ0v) is 6.98. The minimum absolute atomic E-state index is 0.120. The van der Waals surface area contributed by atoms with E-state index in [4.69, 9.17) is 0 Å². The molecule has 0 aliphatic carbocycles. The standard InChI is InChI=1S/C7H9NO2S/c1-10-8-7(9)4-6-2-3-11-5-6/h2-3,5H,4H2,1H3,(H,8,9). The molecule has 4 heteroatoms. The van der Waals surface area contributed by atoms with Gasteiger partial charge in [-0.05, 0) is 22.4 Å². The van der Waals surface area contributed by atoms with Crippen molar-refractivity contribution in [1.29, 1.82) is 0 Å². The lowest BCUT2D eigenvalue weighted by Crippen LogP contribution is -2.23. The molecule has 0 unspecified atom stereocenters. The third kappa shape index (κ3) is 2.69. The summed E-state index contributed by atoms with van der Waals surface area (Å²) in [6, 6.07) is 1.92. The minimum atomic E-state index is -0.120. The van der Waals surface area contributed by atoms with Crippen molar-refractivity contribution in [3.8, 4) is 0 Å². The highest BCUT2D eigenvalue weighted by atomic mass is 32.1. The number of nitrogens with one attached hydrogen (secondary N) is 1. The molecule has 0 fully saturated rings. The van der Waals surface area contributed by atoms with Gasteiger partial charge >= 0.3 is 0 Å².